The summed E-state index contributed by atoms with van der Waals surface area (Å²) in [6.07, 6.45) is 1.98. The molecule has 3 aromatic rings. The lowest BCUT2D eigenvalue weighted by atomic mass is 10.0. The summed E-state index contributed by atoms with van der Waals surface area (Å²) >= 11 is 5.70. The SMILES string of the molecule is CCN(Cc1ccc(Cl)nc1)/C(=C/[N+](=O)[O-])NC.N#Cc1c[nH]cc1-c1cccc2c1OC(F)(F)O2. The monoisotopic (exact) mass is 518 g/mol. The van der Waals surface area contributed by atoms with Crippen LogP contribution in [-0.2, 0) is 6.54 Å². The molecular weight excluding hydrogens is 498 g/mol. The molecule has 4 rings (SSSR count). The van der Waals surface area contributed by atoms with Gasteiger partial charge >= 0.3 is 6.29 Å². The van der Waals surface area contributed by atoms with Crippen LogP contribution in [0.4, 0.5) is 8.78 Å². The molecule has 0 spiro atoms. The molecule has 0 atom stereocenters. The zero-order valence-corrected chi connectivity index (χ0v) is 19.9. The molecule has 0 radical (unpaired) electrons. The van der Waals surface area contributed by atoms with Gasteiger partial charge in [0.15, 0.2) is 17.3 Å². The third-order valence-corrected chi connectivity index (χ3v) is 5.18. The first kappa shape index (κ1) is 26.2. The second-order valence-corrected chi connectivity index (χ2v) is 7.64. The highest BCUT2D eigenvalue weighted by Gasteiger charge is 2.44. The number of aromatic amines is 1. The minimum absolute atomic E-state index is 0.0393. The van der Waals surface area contributed by atoms with E-state index in [0.717, 1.165) is 11.8 Å². The quantitative estimate of drug-likeness (QED) is 0.261. The molecule has 3 heterocycles. The van der Waals surface area contributed by atoms with Crippen LogP contribution in [0.2, 0.25) is 5.15 Å². The predicted molar refractivity (Wildman–Crippen MR) is 127 cm³/mol. The zero-order chi connectivity index (χ0) is 26.3. The van der Waals surface area contributed by atoms with Gasteiger partial charge in [-0.2, -0.15) is 5.26 Å². The number of nitrogens with one attached hydrogen (secondary N) is 2. The van der Waals surface area contributed by atoms with E-state index >= 15 is 0 Å². The average molecular weight is 519 g/mol. The standard InChI is InChI=1S/C12H6F2N2O2.C11H15ClN4O2/c13-12(14)17-10-3-1-2-8(11(10)18-12)9-6-16-5-7(9)4-15;1-3-15(11(13-2)8-16(17)18)7-9-4-5-10(12)14-6-9/h1-3,5-6,16H;4-6,8,13H,3,7H2,1-2H3/b;11-8+. The Bertz CT molecular complexity index is 1290. The van der Waals surface area contributed by atoms with Crippen molar-refractivity contribution in [3.63, 3.8) is 0 Å². The van der Waals surface area contributed by atoms with Crippen molar-refractivity contribution in [3.05, 3.63) is 87.3 Å². The molecule has 0 fully saturated rings. The summed E-state index contributed by atoms with van der Waals surface area (Å²) in [5.74, 6) is 0.360. The number of para-hydroxylation sites is 1. The van der Waals surface area contributed by atoms with Crippen LogP contribution >= 0.6 is 11.6 Å². The number of alkyl halides is 2. The van der Waals surface area contributed by atoms with Gasteiger partial charge in [0.1, 0.15) is 11.2 Å². The van der Waals surface area contributed by atoms with E-state index in [2.05, 4.69) is 24.8 Å². The molecule has 1 aromatic carbocycles. The number of halogens is 3. The van der Waals surface area contributed by atoms with Gasteiger partial charge in [-0.1, -0.05) is 29.8 Å². The van der Waals surface area contributed by atoms with Crippen LogP contribution in [0.1, 0.15) is 18.1 Å². The van der Waals surface area contributed by atoms with E-state index in [4.69, 9.17) is 16.9 Å². The van der Waals surface area contributed by atoms with Crippen LogP contribution in [0.5, 0.6) is 11.5 Å². The van der Waals surface area contributed by atoms with E-state index < -0.39 is 11.2 Å². The largest absolute Gasteiger partial charge is 0.586 e. The number of pyridine rings is 1. The number of nitro groups is 1. The molecule has 1 aliphatic rings. The van der Waals surface area contributed by atoms with Crippen LogP contribution < -0.4 is 14.8 Å². The van der Waals surface area contributed by atoms with Crippen molar-refractivity contribution >= 4 is 11.6 Å². The second kappa shape index (κ2) is 11.4. The smallest absolute Gasteiger partial charge is 0.395 e. The van der Waals surface area contributed by atoms with Crippen molar-refractivity contribution in [3.8, 4) is 28.7 Å². The number of aromatic nitrogens is 2. The Balaban J connectivity index is 0.000000201. The molecule has 10 nitrogen and oxygen atoms in total. The maximum absolute atomic E-state index is 13.0. The lowest BCUT2D eigenvalue weighted by Gasteiger charge is -2.23. The van der Waals surface area contributed by atoms with Gasteiger partial charge in [-0.15, -0.1) is 8.78 Å². The molecule has 1 aliphatic heterocycles. The maximum atomic E-state index is 13.0. The van der Waals surface area contributed by atoms with Crippen molar-refractivity contribution in [2.24, 2.45) is 0 Å². The molecule has 0 amide bonds. The minimum Gasteiger partial charge on any atom is -0.395 e. The van der Waals surface area contributed by atoms with Gasteiger partial charge in [0.25, 0.3) is 6.20 Å². The number of rotatable bonds is 7. The van der Waals surface area contributed by atoms with Crippen molar-refractivity contribution in [1.82, 2.24) is 20.2 Å². The predicted octanol–water partition coefficient (Wildman–Crippen LogP) is 4.73. The maximum Gasteiger partial charge on any atom is 0.586 e. The minimum atomic E-state index is -3.67. The highest BCUT2D eigenvalue weighted by molar-refractivity contribution is 6.29. The van der Waals surface area contributed by atoms with E-state index in [1.165, 1.54) is 12.3 Å². The Hall–Kier alpha value is -4.37. The Morgan fingerprint density at radius 1 is 1.33 bits per heavy atom. The molecule has 0 saturated heterocycles. The Morgan fingerprint density at radius 2 is 2.11 bits per heavy atom. The van der Waals surface area contributed by atoms with Gasteiger partial charge < -0.3 is 24.7 Å². The number of ether oxygens (including phenoxy) is 2. The molecule has 0 unspecified atom stereocenters. The summed E-state index contributed by atoms with van der Waals surface area (Å²) in [5, 5.41) is 22.7. The molecule has 188 valence electrons. The van der Waals surface area contributed by atoms with E-state index in [9.17, 15) is 18.9 Å². The van der Waals surface area contributed by atoms with E-state index in [1.807, 2.05) is 24.0 Å². The lowest BCUT2D eigenvalue weighted by molar-refractivity contribution is -0.404. The van der Waals surface area contributed by atoms with Crippen molar-refractivity contribution < 1.29 is 23.2 Å². The van der Waals surface area contributed by atoms with Gasteiger partial charge in [0.2, 0.25) is 0 Å². The number of hydrogen-bond donors (Lipinski definition) is 2. The van der Waals surface area contributed by atoms with Crippen LogP contribution in [0.15, 0.2) is 60.9 Å². The fourth-order valence-corrected chi connectivity index (χ4v) is 3.46. The first-order valence-corrected chi connectivity index (χ1v) is 10.9. The first-order valence-electron chi connectivity index (χ1n) is 10.5. The molecule has 0 aliphatic carbocycles. The van der Waals surface area contributed by atoms with Gasteiger partial charge in [0, 0.05) is 49.9 Å². The molecule has 0 bridgehead atoms. The van der Waals surface area contributed by atoms with E-state index in [1.54, 1.807) is 37.6 Å². The topological polar surface area (TPSA) is 129 Å². The lowest BCUT2D eigenvalue weighted by Crippen LogP contribution is -2.30. The number of fused-ring (bicyclic) bond motifs is 1. The fourth-order valence-electron chi connectivity index (χ4n) is 3.35. The molecule has 0 saturated carbocycles. The number of nitriles is 1. The second-order valence-electron chi connectivity index (χ2n) is 7.25. The molecule has 13 heteroatoms. The van der Waals surface area contributed by atoms with Crippen molar-refractivity contribution in [1.29, 1.82) is 5.26 Å². The third kappa shape index (κ3) is 6.39. The number of benzene rings is 1. The van der Waals surface area contributed by atoms with E-state index in [0.29, 0.717) is 40.8 Å². The summed E-state index contributed by atoms with van der Waals surface area (Å²) in [5.41, 5.74) is 2.17. The Labute approximate surface area is 209 Å². The normalized spacial score (nSPS) is 13.3. The highest BCUT2D eigenvalue weighted by atomic mass is 35.5. The summed E-state index contributed by atoms with van der Waals surface area (Å²) in [6, 6.07) is 10.1. The molecule has 36 heavy (non-hydrogen) atoms. The summed E-state index contributed by atoms with van der Waals surface area (Å²) < 4.78 is 34.9. The number of nitrogens with zero attached hydrogens (tertiary/aromatic N) is 4. The van der Waals surface area contributed by atoms with Gasteiger partial charge in [-0.25, -0.2) is 4.98 Å². The fraction of sp³-hybridized carbons (Fsp3) is 0.217. The summed E-state index contributed by atoms with van der Waals surface area (Å²) in [7, 11) is 1.65. The van der Waals surface area contributed by atoms with Crippen molar-refractivity contribution in [2.75, 3.05) is 13.6 Å². The van der Waals surface area contributed by atoms with Gasteiger partial charge in [-0.05, 0) is 24.6 Å². The van der Waals surface area contributed by atoms with Crippen LogP contribution in [0, 0.1) is 21.4 Å². The zero-order valence-electron chi connectivity index (χ0n) is 19.2. The highest BCUT2D eigenvalue weighted by Crippen LogP contribution is 2.47. The van der Waals surface area contributed by atoms with Crippen LogP contribution in [0.25, 0.3) is 11.1 Å². The van der Waals surface area contributed by atoms with Crippen LogP contribution in [0.3, 0.4) is 0 Å². The van der Waals surface area contributed by atoms with E-state index in [-0.39, 0.29) is 11.5 Å². The summed E-state index contributed by atoms with van der Waals surface area (Å²) in [4.78, 5) is 18.6. The number of H-pyrrole nitrogens is 1. The van der Waals surface area contributed by atoms with Gasteiger partial charge in [0.05, 0.1) is 10.5 Å². The van der Waals surface area contributed by atoms with Crippen LogP contribution in [-0.4, -0.2) is 39.7 Å². The Kier molecular flexibility index (Phi) is 8.29. The molecule has 2 N–H and O–H groups in total. The van der Waals surface area contributed by atoms with Crippen molar-refractivity contribution in [2.45, 2.75) is 19.8 Å². The third-order valence-electron chi connectivity index (χ3n) is 4.95. The average Bonchev–Trinajstić information content (AvgIpc) is 3.44. The first-order chi connectivity index (χ1) is 17.2. The molecular formula is C23H21ClF2N6O4. The Morgan fingerprint density at radius 3 is 2.72 bits per heavy atom. The summed E-state index contributed by atoms with van der Waals surface area (Å²) in [6.45, 7) is 3.10. The molecule has 2 aromatic heterocycles. The number of hydrogen-bond acceptors (Lipinski definition) is 8. The van der Waals surface area contributed by atoms with Gasteiger partial charge in [-0.3, -0.25) is 10.1 Å².